The van der Waals surface area contributed by atoms with Crippen molar-refractivity contribution in [2.75, 3.05) is 20.3 Å². The van der Waals surface area contributed by atoms with Gasteiger partial charge in [-0.1, -0.05) is 15.9 Å². The van der Waals surface area contributed by atoms with Gasteiger partial charge in [0.1, 0.15) is 5.75 Å². The van der Waals surface area contributed by atoms with Gasteiger partial charge in [0, 0.05) is 29.1 Å². The number of halogens is 1. The molecular weight excluding hydrogens is 330 g/mol. The second-order valence-corrected chi connectivity index (χ2v) is 6.90. The summed E-state index contributed by atoms with van der Waals surface area (Å²) in [6.07, 6.45) is 7.41. The number of hydrogen-bond acceptors (Lipinski definition) is 3. The van der Waals surface area contributed by atoms with E-state index in [1.165, 1.54) is 30.4 Å². The van der Waals surface area contributed by atoms with Crippen molar-refractivity contribution in [3.8, 4) is 5.75 Å². The van der Waals surface area contributed by atoms with Gasteiger partial charge in [-0.3, -0.25) is 0 Å². The molecule has 21 heavy (non-hydrogen) atoms. The Balaban J connectivity index is 1.71. The summed E-state index contributed by atoms with van der Waals surface area (Å²) in [5, 5.41) is 3.46. The number of nitrogens with one attached hydrogen (secondary N) is 1. The molecule has 1 saturated heterocycles. The minimum atomic E-state index is 0.333. The second-order valence-electron chi connectivity index (χ2n) is 5.99. The first-order chi connectivity index (χ1) is 10.3. The molecule has 0 radical (unpaired) electrons. The summed E-state index contributed by atoms with van der Waals surface area (Å²) in [5.74, 6) is 1.10. The van der Waals surface area contributed by atoms with Crippen LogP contribution in [-0.2, 0) is 11.2 Å². The predicted octanol–water partition coefficient (Wildman–Crippen LogP) is 3.99. The summed E-state index contributed by atoms with van der Waals surface area (Å²) in [4.78, 5) is 0. The minimum absolute atomic E-state index is 0.333. The van der Waals surface area contributed by atoms with Crippen LogP contribution >= 0.6 is 15.9 Å². The summed E-state index contributed by atoms with van der Waals surface area (Å²) in [6.45, 7) is 1.74. The van der Waals surface area contributed by atoms with Crippen LogP contribution in [0.1, 0.15) is 49.3 Å². The second kappa shape index (κ2) is 7.12. The van der Waals surface area contributed by atoms with Gasteiger partial charge in [-0.05, 0) is 56.8 Å². The molecule has 0 spiro atoms. The van der Waals surface area contributed by atoms with Crippen molar-refractivity contribution in [1.29, 1.82) is 0 Å². The highest BCUT2D eigenvalue weighted by Crippen LogP contribution is 2.38. The normalized spacial score (nSPS) is 22.7. The van der Waals surface area contributed by atoms with E-state index in [0.717, 1.165) is 42.7 Å². The third-order valence-corrected chi connectivity index (χ3v) is 5.01. The fourth-order valence-corrected chi connectivity index (χ4v) is 3.92. The molecule has 2 atom stereocenters. The van der Waals surface area contributed by atoms with Gasteiger partial charge < -0.3 is 14.8 Å². The van der Waals surface area contributed by atoms with Gasteiger partial charge in [-0.25, -0.2) is 0 Å². The first-order valence-electron chi connectivity index (χ1n) is 8.02. The lowest BCUT2D eigenvalue weighted by molar-refractivity contribution is 0.00862. The molecule has 2 heterocycles. The Morgan fingerprint density at radius 3 is 3.00 bits per heavy atom. The summed E-state index contributed by atoms with van der Waals surface area (Å²) in [7, 11) is 2.04. The summed E-state index contributed by atoms with van der Waals surface area (Å²) in [6, 6.07) is 4.72. The monoisotopic (exact) mass is 353 g/mol. The maximum absolute atomic E-state index is 5.87. The predicted molar refractivity (Wildman–Crippen MR) is 88.0 cm³/mol. The zero-order valence-electron chi connectivity index (χ0n) is 12.7. The average molecular weight is 354 g/mol. The Morgan fingerprint density at radius 1 is 1.33 bits per heavy atom. The molecule has 0 saturated carbocycles. The fraction of sp³-hybridized carbons (Fsp3) is 0.647. The third-order valence-electron chi connectivity index (χ3n) is 4.55. The van der Waals surface area contributed by atoms with E-state index in [9.17, 15) is 0 Å². The standard InChI is InChI=1S/C17H24BrNO2/c1-19-16(6-5-14-4-2-3-8-20-14)15-11-13(18)10-12-7-9-21-17(12)15/h10-11,14,16,19H,2-9H2,1H3. The molecule has 116 valence electrons. The molecule has 1 aromatic rings. The van der Waals surface area contributed by atoms with Gasteiger partial charge in [0.05, 0.1) is 12.7 Å². The number of benzene rings is 1. The van der Waals surface area contributed by atoms with Crippen molar-refractivity contribution in [3.63, 3.8) is 0 Å². The van der Waals surface area contributed by atoms with Gasteiger partial charge >= 0.3 is 0 Å². The zero-order valence-corrected chi connectivity index (χ0v) is 14.2. The van der Waals surface area contributed by atoms with Crippen molar-refractivity contribution in [2.24, 2.45) is 0 Å². The largest absolute Gasteiger partial charge is 0.493 e. The first kappa shape index (κ1) is 15.3. The van der Waals surface area contributed by atoms with Crippen LogP contribution in [0.25, 0.3) is 0 Å². The molecule has 2 unspecified atom stereocenters. The molecule has 0 bridgehead atoms. The van der Waals surface area contributed by atoms with Gasteiger partial charge in [0.15, 0.2) is 0 Å². The van der Waals surface area contributed by atoms with Crippen LogP contribution in [0, 0.1) is 0 Å². The Morgan fingerprint density at radius 2 is 2.24 bits per heavy atom. The van der Waals surface area contributed by atoms with E-state index in [2.05, 4.69) is 33.4 Å². The maximum Gasteiger partial charge on any atom is 0.127 e. The van der Waals surface area contributed by atoms with Crippen molar-refractivity contribution >= 4 is 15.9 Å². The Hall–Kier alpha value is -0.580. The van der Waals surface area contributed by atoms with Crippen LogP contribution in [0.5, 0.6) is 5.75 Å². The van der Waals surface area contributed by atoms with E-state index in [1.807, 2.05) is 7.05 Å². The molecule has 0 aromatic heterocycles. The molecule has 3 rings (SSSR count). The van der Waals surface area contributed by atoms with Crippen LogP contribution in [-0.4, -0.2) is 26.4 Å². The lowest BCUT2D eigenvalue weighted by Crippen LogP contribution is -2.23. The molecule has 1 fully saturated rings. The summed E-state index contributed by atoms with van der Waals surface area (Å²) >= 11 is 3.63. The Kier molecular flexibility index (Phi) is 5.19. The van der Waals surface area contributed by atoms with E-state index in [0.29, 0.717) is 12.1 Å². The quantitative estimate of drug-likeness (QED) is 0.867. The van der Waals surface area contributed by atoms with E-state index in [4.69, 9.17) is 9.47 Å². The Bertz CT molecular complexity index is 486. The fourth-order valence-electron chi connectivity index (χ4n) is 3.40. The molecule has 2 aliphatic heterocycles. The van der Waals surface area contributed by atoms with Crippen molar-refractivity contribution in [2.45, 2.75) is 50.7 Å². The lowest BCUT2D eigenvalue weighted by atomic mass is 9.95. The van der Waals surface area contributed by atoms with Gasteiger partial charge in [-0.2, -0.15) is 0 Å². The molecule has 2 aliphatic rings. The molecule has 1 aromatic carbocycles. The Labute approximate surface area is 135 Å². The minimum Gasteiger partial charge on any atom is -0.493 e. The zero-order chi connectivity index (χ0) is 14.7. The number of hydrogen-bond donors (Lipinski definition) is 1. The smallest absolute Gasteiger partial charge is 0.127 e. The van der Waals surface area contributed by atoms with E-state index >= 15 is 0 Å². The third kappa shape index (κ3) is 3.61. The highest BCUT2D eigenvalue weighted by Gasteiger charge is 2.24. The highest BCUT2D eigenvalue weighted by molar-refractivity contribution is 9.10. The molecule has 3 nitrogen and oxygen atoms in total. The van der Waals surface area contributed by atoms with Gasteiger partial charge in [0.2, 0.25) is 0 Å². The SMILES string of the molecule is CNC(CCC1CCCCO1)c1cc(Br)cc2c1OCC2. The van der Waals surface area contributed by atoms with Crippen LogP contribution in [0.15, 0.2) is 16.6 Å². The summed E-state index contributed by atoms with van der Waals surface area (Å²) < 4.78 is 12.9. The number of fused-ring (bicyclic) bond motifs is 1. The summed E-state index contributed by atoms with van der Waals surface area (Å²) in [5.41, 5.74) is 2.61. The lowest BCUT2D eigenvalue weighted by Gasteiger charge is -2.25. The molecular formula is C17H24BrNO2. The van der Waals surface area contributed by atoms with E-state index < -0.39 is 0 Å². The van der Waals surface area contributed by atoms with E-state index in [1.54, 1.807) is 0 Å². The molecule has 0 aliphatic carbocycles. The molecule has 4 heteroatoms. The topological polar surface area (TPSA) is 30.5 Å². The number of rotatable bonds is 5. The van der Waals surface area contributed by atoms with Crippen molar-refractivity contribution in [3.05, 3.63) is 27.7 Å². The van der Waals surface area contributed by atoms with Crippen LogP contribution < -0.4 is 10.1 Å². The van der Waals surface area contributed by atoms with Crippen LogP contribution in [0.2, 0.25) is 0 Å². The van der Waals surface area contributed by atoms with Crippen LogP contribution in [0.3, 0.4) is 0 Å². The molecule has 1 N–H and O–H groups in total. The number of ether oxygens (including phenoxy) is 2. The van der Waals surface area contributed by atoms with Gasteiger partial charge in [-0.15, -0.1) is 0 Å². The highest BCUT2D eigenvalue weighted by atomic mass is 79.9. The van der Waals surface area contributed by atoms with E-state index in [-0.39, 0.29) is 0 Å². The molecule has 0 amide bonds. The average Bonchev–Trinajstić information content (AvgIpc) is 2.97. The van der Waals surface area contributed by atoms with Crippen LogP contribution in [0.4, 0.5) is 0 Å². The maximum atomic E-state index is 5.87. The van der Waals surface area contributed by atoms with Crippen molar-refractivity contribution < 1.29 is 9.47 Å². The van der Waals surface area contributed by atoms with Gasteiger partial charge in [0.25, 0.3) is 0 Å². The van der Waals surface area contributed by atoms with Crippen molar-refractivity contribution in [1.82, 2.24) is 5.32 Å². The first-order valence-corrected chi connectivity index (χ1v) is 8.81.